The third-order valence-corrected chi connectivity index (χ3v) is 4.41. The second-order valence-electron chi connectivity index (χ2n) is 6.64. The fourth-order valence-electron chi connectivity index (χ4n) is 3.15. The molecule has 2 heterocycles. The number of hydrogen-bond acceptors (Lipinski definition) is 4. The van der Waals surface area contributed by atoms with E-state index < -0.39 is 0 Å². The highest BCUT2D eigenvalue weighted by Crippen LogP contribution is 2.21. The summed E-state index contributed by atoms with van der Waals surface area (Å²) in [7, 11) is 0. The van der Waals surface area contributed by atoms with Gasteiger partial charge in [0.1, 0.15) is 5.75 Å². The quantitative estimate of drug-likeness (QED) is 0.886. The van der Waals surface area contributed by atoms with Gasteiger partial charge in [-0.1, -0.05) is 25.5 Å². The van der Waals surface area contributed by atoms with E-state index >= 15 is 0 Å². The summed E-state index contributed by atoms with van der Waals surface area (Å²) in [6, 6.07) is 9.36. The Balaban J connectivity index is 1.51. The van der Waals surface area contributed by atoms with Crippen LogP contribution in [0.4, 0.5) is 0 Å². The summed E-state index contributed by atoms with van der Waals surface area (Å²) >= 11 is 0. The van der Waals surface area contributed by atoms with Crippen molar-refractivity contribution in [1.82, 2.24) is 15.1 Å². The molecule has 24 heavy (non-hydrogen) atoms. The lowest BCUT2D eigenvalue weighted by molar-refractivity contribution is 0.165. The van der Waals surface area contributed by atoms with E-state index in [1.54, 1.807) is 12.3 Å². The van der Waals surface area contributed by atoms with E-state index in [0.29, 0.717) is 5.92 Å². The van der Waals surface area contributed by atoms with Crippen LogP contribution in [0.3, 0.4) is 0 Å². The minimum Gasteiger partial charge on any atom is -0.493 e. The molecule has 0 unspecified atom stereocenters. The van der Waals surface area contributed by atoms with E-state index in [9.17, 15) is 4.79 Å². The molecule has 0 bridgehead atoms. The third-order valence-electron chi connectivity index (χ3n) is 4.41. The first-order valence-corrected chi connectivity index (χ1v) is 8.71. The minimum atomic E-state index is -0.195. The number of nitrogens with one attached hydrogen (secondary N) is 1. The molecule has 3 rings (SSSR count). The van der Waals surface area contributed by atoms with Gasteiger partial charge in [0.05, 0.1) is 12.8 Å². The van der Waals surface area contributed by atoms with Gasteiger partial charge in [0.25, 0.3) is 5.56 Å². The van der Waals surface area contributed by atoms with E-state index in [2.05, 4.69) is 22.0 Å². The SMILES string of the molecule is C[C@@H](COc1ccc(-c2cn[nH]c(=O)c2)cc1)CN1CCCCC1. The maximum absolute atomic E-state index is 11.3. The van der Waals surface area contributed by atoms with Gasteiger partial charge in [-0.05, 0) is 43.6 Å². The highest BCUT2D eigenvalue weighted by molar-refractivity contribution is 5.62. The minimum absolute atomic E-state index is 0.195. The van der Waals surface area contributed by atoms with Gasteiger partial charge < -0.3 is 9.64 Å². The molecule has 1 fully saturated rings. The number of H-pyrrole nitrogens is 1. The van der Waals surface area contributed by atoms with Crippen molar-refractivity contribution >= 4 is 0 Å². The maximum Gasteiger partial charge on any atom is 0.264 e. The first kappa shape index (κ1) is 16.7. The fourth-order valence-corrected chi connectivity index (χ4v) is 3.15. The van der Waals surface area contributed by atoms with Crippen LogP contribution in [0.5, 0.6) is 5.75 Å². The van der Waals surface area contributed by atoms with E-state index in [-0.39, 0.29) is 5.56 Å². The molecule has 1 aromatic carbocycles. The Bertz CT molecular complexity index is 690. The summed E-state index contributed by atoms with van der Waals surface area (Å²) in [5.41, 5.74) is 1.57. The van der Waals surface area contributed by atoms with Crippen LogP contribution in [0.1, 0.15) is 26.2 Å². The van der Waals surface area contributed by atoms with Crippen LogP contribution in [0.25, 0.3) is 11.1 Å². The average molecular weight is 327 g/mol. The summed E-state index contributed by atoms with van der Waals surface area (Å²) in [5, 5.41) is 6.21. The monoisotopic (exact) mass is 327 g/mol. The molecule has 2 aromatic rings. The van der Waals surface area contributed by atoms with Gasteiger partial charge in [-0.3, -0.25) is 4.79 Å². The van der Waals surface area contributed by atoms with Gasteiger partial charge in [-0.2, -0.15) is 5.10 Å². The largest absolute Gasteiger partial charge is 0.493 e. The average Bonchev–Trinajstić information content (AvgIpc) is 2.61. The van der Waals surface area contributed by atoms with Crippen molar-refractivity contribution in [3.8, 4) is 16.9 Å². The summed E-state index contributed by atoms with van der Waals surface area (Å²) < 4.78 is 5.91. The molecule has 1 N–H and O–H groups in total. The van der Waals surface area contributed by atoms with Crippen LogP contribution in [0.2, 0.25) is 0 Å². The number of hydrogen-bond donors (Lipinski definition) is 1. The first-order chi connectivity index (χ1) is 11.7. The molecule has 5 nitrogen and oxygen atoms in total. The number of likely N-dealkylation sites (tertiary alicyclic amines) is 1. The van der Waals surface area contributed by atoms with Gasteiger partial charge in [-0.15, -0.1) is 0 Å². The maximum atomic E-state index is 11.3. The zero-order valence-corrected chi connectivity index (χ0v) is 14.2. The van der Waals surface area contributed by atoms with Gasteiger partial charge >= 0.3 is 0 Å². The van der Waals surface area contributed by atoms with Crippen LogP contribution in [-0.2, 0) is 0 Å². The molecule has 5 heteroatoms. The van der Waals surface area contributed by atoms with E-state index in [0.717, 1.165) is 30.0 Å². The Morgan fingerprint density at radius 1 is 1.17 bits per heavy atom. The van der Waals surface area contributed by atoms with E-state index in [1.165, 1.54) is 32.4 Å². The van der Waals surface area contributed by atoms with Crippen LogP contribution >= 0.6 is 0 Å². The standard InChI is InChI=1S/C19H25N3O2/c1-15(13-22-9-3-2-4-10-22)14-24-18-7-5-16(6-8-18)17-11-19(23)21-20-12-17/h5-8,11-12,15H,2-4,9-10,13-14H2,1H3,(H,21,23)/t15-/m1/s1. The molecule has 0 amide bonds. The Morgan fingerprint density at radius 2 is 1.92 bits per heavy atom. The molecule has 0 saturated carbocycles. The lowest BCUT2D eigenvalue weighted by Crippen LogP contribution is -2.35. The normalized spacial score (nSPS) is 16.7. The smallest absolute Gasteiger partial charge is 0.264 e. The van der Waals surface area contributed by atoms with Crippen molar-refractivity contribution in [1.29, 1.82) is 0 Å². The Hall–Kier alpha value is -2.14. The van der Waals surface area contributed by atoms with Gasteiger partial charge in [0.2, 0.25) is 0 Å². The molecule has 0 radical (unpaired) electrons. The second-order valence-corrected chi connectivity index (χ2v) is 6.64. The van der Waals surface area contributed by atoms with Crippen molar-refractivity contribution in [3.05, 3.63) is 46.9 Å². The van der Waals surface area contributed by atoms with Crippen LogP contribution in [0.15, 0.2) is 41.3 Å². The van der Waals surface area contributed by atoms with Gasteiger partial charge in [0, 0.05) is 24.1 Å². The molecule has 0 aliphatic carbocycles. The Labute approximate surface area is 142 Å². The lowest BCUT2D eigenvalue weighted by Gasteiger charge is -2.29. The third kappa shape index (κ3) is 4.68. The van der Waals surface area contributed by atoms with Crippen molar-refractivity contribution in [2.45, 2.75) is 26.2 Å². The van der Waals surface area contributed by atoms with Crippen molar-refractivity contribution in [2.75, 3.05) is 26.2 Å². The van der Waals surface area contributed by atoms with Gasteiger partial charge in [-0.25, -0.2) is 5.10 Å². The molecule has 1 aliphatic heterocycles. The second kappa shape index (κ2) is 8.11. The first-order valence-electron chi connectivity index (χ1n) is 8.71. The summed E-state index contributed by atoms with van der Waals surface area (Å²) in [6.45, 7) is 6.52. The van der Waals surface area contributed by atoms with Crippen LogP contribution < -0.4 is 10.3 Å². The molecule has 1 saturated heterocycles. The van der Waals surface area contributed by atoms with E-state index in [1.807, 2.05) is 24.3 Å². The van der Waals surface area contributed by atoms with Crippen LogP contribution in [-0.4, -0.2) is 41.3 Å². The lowest BCUT2D eigenvalue weighted by atomic mass is 10.1. The van der Waals surface area contributed by atoms with E-state index in [4.69, 9.17) is 4.74 Å². The molecular formula is C19H25N3O2. The van der Waals surface area contributed by atoms with Crippen LogP contribution in [0, 0.1) is 5.92 Å². The summed E-state index contributed by atoms with van der Waals surface area (Å²) in [4.78, 5) is 13.9. The Morgan fingerprint density at radius 3 is 2.62 bits per heavy atom. The number of rotatable bonds is 6. The highest BCUT2D eigenvalue weighted by atomic mass is 16.5. The number of aromatic amines is 1. The molecule has 1 atom stereocenters. The summed E-state index contributed by atoms with van der Waals surface area (Å²) in [5.74, 6) is 1.38. The fraction of sp³-hybridized carbons (Fsp3) is 0.474. The molecule has 1 aliphatic rings. The zero-order chi connectivity index (χ0) is 16.8. The van der Waals surface area contributed by atoms with Crippen molar-refractivity contribution in [3.63, 3.8) is 0 Å². The topological polar surface area (TPSA) is 58.2 Å². The number of ether oxygens (including phenoxy) is 1. The molecule has 0 spiro atoms. The molecular weight excluding hydrogens is 302 g/mol. The zero-order valence-electron chi connectivity index (χ0n) is 14.2. The predicted molar refractivity (Wildman–Crippen MR) is 95.2 cm³/mol. The number of aromatic nitrogens is 2. The Kier molecular flexibility index (Phi) is 5.64. The molecule has 128 valence electrons. The number of piperidine rings is 1. The highest BCUT2D eigenvalue weighted by Gasteiger charge is 2.13. The number of nitrogens with zero attached hydrogens (tertiary/aromatic N) is 2. The summed E-state index contributed by atoms with van der Waals surface area (Å²) in [6.07, 6.45) is 5.67. The van der Waals surface area contributed by atoms with Crippen molar-refractivity contribution in [2.24, 2.45) is 5.92 Å². The van der Waals surface area contributed by atoms with Crippen molar-refractivity contribution < 1.29 is 4.74 Å². The number of benzene rings is 1. The predicted octanol–water partition coefficient (Wildman–Crippen LogP) is 2.94. The molecule has 1 aromatic heterocycles. The van der Waals surface area contributed by atoms with Gasteiger partial charge in [0.15, 0.2) is 0 Å².